The molecule has 0 bridgehead atoms. The molecule has 6 heteroatoms. The third kappa shape index (κ3) is 3.30. The fourth-order valence-electron chi connectivity index (χ4n) is 0.975. The van der Waals surface area contributed by atoms with Gasteiger partial charge in [0.2, 0.25) is 0 Å². The summed E-state index contributed by atoms with van der Waals surface area (Å²) < 4.78 is 5.03. The number of ether oxygens (including phenoxy) is 1. The predicted molar refractivity (Wildman–Crippen MR) is 56.1 cm³/mol. The lowest BCUT2D eigenvalue weighted by Gasteiger charge is -2.18. The van der Waals surface area contributed by atoms with Crippen molar-refractivity contribution in [2.75, 3.05) is 0 Å². The van der Waals surface area contributed by atoms with Crippen LogP contribution in [0.25, 0.3) is 0 Å². The van der Waals surface area contributed by atoms with Gasteiger partial charge in [-0.05, 0) is 20.8 Å². The summed E-state index contributed by atoms with van der Waals surface area (Å²) in [5.74, 6) is -0.670. The van der Waals surface area contributed by atoms with Gasteiger partial charge in [-0.2, -0.15) is 0 Å². The van der Waals surface area contributed by atoms with Gasteiger partial charge in [-0.1, -0.05) is 0 Å². The Morgan fingerprint density at radius 3 is 2.62 bits per heavy atom. The molecular weight excluding hydrogens is 212 g/mol. The fourth-order valence-corrected chi connectivity index (χ4v) is 0.975. The highest BCUT2D eigenvalue weighted by molar-refractivity contribution is 5.88. The summed E-state index contributed by atoms with van der Waals surface area (Å²) in [7, 11) is 0. The second-order valence-corrected chi connectivity index (χ2v) is 4.16. The average molecular weight is 224 g/mol. The van der Waals surface area contributed by atoms with E-state index in [1.165, 1.54) is 12.3 Å². The van der Waals surface area contributed by atoms with Crippen LogP contribution in [-0.2, 0) is 4.74 Å². The maximum atomic E-state index is 11.5. The highest BCUT2D eigenvalue weighted by atomic mass is 16.6. The third-order valence-corrected chi connectivity index (χ3v) is 1.56. The predicted octanol–water partition coefficient (Wildman–Crippen LogP) is 1.95. The van der Waals surface area contributed by atoms with Crippen LogP contribution in [0, 0.1) is 10.1 Å². The Kier molecular flexibility index (Phi) is 3.22. The molecule has 86 valence electrons. The van der Waals surface area contributed by atoms with Crippen molar-refractivity contribution in [2.45, 2.75) is 26.4 Å². The fraction of sp³-hybridized carbons (Fsp3) is 0.400. The lowest BCUT2D eigenvalue weighted by atomic mass is 10.2. The zero-order chi connectivity index (χ0) is 12.3. The van der Waals surface area contributed by atoms with Crippen LogP contribution >= 0.6 is 0 Å². The smallest absolute Gasteiger partial charge is 0.357 e. The Hall–Kier alpha value is -1.98. The van der Waals surface area contributed by atoms with E-state index >= 15 is 0 Å². The van der Waals surface area contributed by atoms with E-state index in [1.807, 2.05) is 0 Å². The number of carbonyl (C=O) groups excluding carboxylic acids is 1. The molecule has 0 spiro atoms. The number of nitrogens with zero attached hydrogens (tertiary/aromatic N) is 2. The van der Waals surface area contributed by atoms with Crippen molar-refractivity contribution in [1.82, 2.24) is 4.98 Å². The number of pyridine rings is 1. The molecule has 0 saturated heterocycles. The molecule has 0 saturated carbocycles. The molecule has 0 unspecified atom stereocenters. The van der Waals surface area contributed by atoms with Crippen molar-refractivity contribution < 1.29 is 14.5 Å². The maximum Gasteiger partial charge on any atom is 0.357 e. The van der Waals surface area contributed by atoms with Gasteiger partial charge in [-0.25, -0.2) is 9.78 Å². The first-order chi connectivity index (χ1) is 7.29. The van der Waals surface area contributed by atoms with Crippen LogP contribution in [0.2, 0.25) is 0 Å². The quantitative estimate of drug-likeness (QED) is 0.435. The van der Waals surface area contributed by atoms with Gasteiger partial charge < -0.3 is 4.74 Å². The number of nitro groups is 1. The summed E-state index contributed by atoms with van der Waals surface area (Å²) in [5, 5.41) is 10.5. The third-order valence-electron chi connectivity index (χ3n) is 1.56. The van der Waals surface area contributed by atoms with Crippen molar-refractivity contribution >= 4 is 11.7 Å². The number of esters is 1. The van der Waals surface area contributed by atoms with Crippen molar-refractivity contribution in [2.24, 2.45) is 0 Å². The Balaban J connectivity index is 2.92. The topological polar surface area (TPSA) is 82.3 Å². The first kappa shape index (κ1) is 12.1. The van der Waals surface area contributed by atoms with Crippen LogP contribution in [-0.4, -0.2) is 21.5 Å². The molecule has 0 fully saturated rings. The van der Waals surface area contributed by atoms with Crippen LogP contribution < -0.4 is 0 Å². The van der Waals surface area contributed by atoms with E-state index in [4.69, 9.17) is 4.74 Å². The van der Waals surface area contributed by atoms with Gasteiger partial charge in [0.15, 0.2) is 5.69 Å². The van der Waals surface area contributed by atoms with Crippen molar-refractivity contribution in [1.29, 1.82) is 0 Å². The van der Waals surface area contributed by atoms with Gasteiger partial charge in [0, 0.05) is 18.3 Å². The van der Waals surface area contributed by atoms with E-state index in [9.17, 15) is 14.9 Å². The Morgan fingerprint density at radius 2 is 2.12 bits per heavy atom. The monoisotopic (exact) mass is 224 g/mol. The van der Waals surface area contributed by atoms with Crippen molar-refractivity contribution in [3.8, 4) is 0 Å². The Bertz CT molecular complexity index is 423. The summed E-state index contributed by atoms with van der Waals surface area (Å²) in [6, 6.07) is 2.31. The van der Waals surface area contributed by atoms with Gasteiger partial charge in [0.05, 0.1) is 4.92 Å². The molecule has 0 aromatic carbocycles. The molecular formula is C10H12N2O4. The normalized spacial score (nSPS) is 10.9. The number of aromatic nitrogens is 1. The van der Waals surface area contributed by atoms with E-state index in [0.29, 0.717) is 0 Å². The van der Waals surface area contributed by atoms with E-state index in [2.05, 4.69) is 4.98 Å². The lowest BCUT2D eigenvalue weighted by Crippen LogP contribution is -2.24. The lowest BCUT2D eigenvalue weighted by molar-refractivity contribution is -0.385. The van der Waals surface area contributed by atoms with Gasteiger partial charge >= 0.3 is 5.97 Å². The SMILES string of the molecule is CC(C)(C)OC(=O)c1cc([N+](=O)[O-])ccn1. The van der Waals surface area contributed by atoms with Crippen LogP contribution in [0.4, 0.5) is 5.69 Å². The minimum Gasteiger partial charge on any atom is -0.455 e. The minimum absolute atomic E-state index is 0.0656. The molecule has 0 aliphatic carbocycles. The van der Waals surface area contributed by atoms with Crippen LogP contribution in [0.3, 0.4) is 0 Å². The van der Waals surface area contributed by atoms with Crippen LogP contribution in [0.15, 0.2) is 18.3 Å². The molecule has 0 aliphatic heterocycles. The van der Waals surface area contributed by atoms with Gasteiger partial charge in [-0.3, -0.25) is 10.1 Å². The molecule has 0 aliphatic rings. The summed E-state index contributed by atoms with van der Waals surface area (Å²) in [5.41, 5.74) is -0.899. The average Bonchev–Trinajstić information content (AvgIpc) is 2.15. The number of hydrogen-bond acceptors (Lipinski definition) is 5. The zero-order valence-electron chi connectivity index (χ0n) is 9.26. The summed E-state index contributed by atoms with van der Waals surface area (Å²) in [6.07, 6.45) is 1.21. The molecule has 6 nitrogen and oxygen atoms in total. The van der Waals surface area contributed by atoms with Crippen LogP contribution in [0.5, 0.6) is 0 Å². The highest BCUT2D eigenvalue weighted by Crippen LogP contribution is 2.14. The molecule has 0 amide bonds. The number of carbonyl (C=O) groups is 1. The number of hydrogen-bond donors (Lipinski definition) is 0. The van der Waals surface area contributed by atoms with E-state index < -0.39 is 16.5 Å². The molecule has 0 atom stereocenters. The highest BCUT2D eigenvalue weighted by Gasteiger charge is 2.20. The number of rotatable bonds is 2. The summed E-state index contributed by atoms with van der Waals surface area (Å²) in [6.45, 7) is 5.13. The first-order valence-electron chi connectivity index (χ1n) is 4.63. The molecule has 0 radical (unpaired) electrons. The second kappa shape index (κ2) is 4.26. The van der Waals surface area contributed by atoms with E-state index in [1.54, 1.807) is 20.8 Å². The Morgan fingerprint density at radius 1 is 1.50 bits per heavy atom. The van der Waals surface area contributed by atoms with Gasteiger partial charge in [0.1, 0.15) is 5.60 Å². The molecule has 16 heavy (non-hydrogen) atoms. The molecule has 1 rings (SSSR count). The minimum atomic E-state index is -0.670. The standard InChI is InChI=1S/C10H12N2O4/c1-10(2,3)16-9(13)8-6-7(12(14)15)4-5-11-8/h4-6H,1-3H3. The summed E-state index contributed by atoms with van der Waals surface area (Å²) >= 11 is 0. The van der Waals surface area contributed by atoms with Gasteiger partial charge in [-0.15, -0.1) is 0 Å². The largest absolute Gasteiger partial charge is 0.455 e. The van der Waals surface area contributed by atoms with Gasteiger partial charge in [0.25, 0.3) is 5.69 Å². The molecule has 1 aromatic heterocycles. The molecule has 1 aromatic rings. The second-order valence-electron chi connectivity index (χ2n) is 4.16. The zero-order valence-corrected chi connectivity index (χ0v) is 9.26. The van der Waals surface area contributed by atoms with E-state index in [0.717, 1.165) is 6.07 Å². The summed E-state index contributed by atoms with van der Waals surface area (Å²) in [4.78, 5) is 25.2. The van der Waals surface area contributed by atoms with Crippen molar-refractivity contribution in [3.63, 3.8) is 0 Å². The maximum absolute atomic E-state index is 11.5. The molecule has 0 N–H and O–H groups in total. The van der Waals surface area contributed by atoms with Crippen LogP contribution in [0.1, 0.15) is 31.3 Å². The van der Waals surface area contributed by atoms with E-state index in [-0.39, 0.29) is 11.4 Å². The Labute approximate surface area is 92.4 Å². The molecule has 1 heterocycles. The van der Waals surface area contributed by atoms with Crippen molar-refractivity contribution in [3.05, 3.63) is 34.1 Å². The first-order valence-corrected chi connectivity index (χ1v) is 4.63.